The molecule has 1 unspecified atom stereocenters. The quantitative estimate of drug-likeness (QED) is 0.803. The standard InChI is InChI=1S/C14H17N5O/c1-3-6-11(15)14(20)17-12-8-5-4-7-10(12)13-18-16-9-19(13)2/h3-5,7-9,11H,1,6,15H2,2H3,(H,17,20). The van der Waals surface area contributed by atoms with Gasteiger partial charge in [0, 0.05) is 12.6 Å². The molecule has 0 aliphatic carbocycles. The van der Waals surface area contributed by atoms with Gasteiger partial charge >= 0.3 is 0 Å². The van der Waals surface area contributed by atoms with Crippen LogP contribution in [0.4, 0.5) is 5.69 Å². The Morgan fingerprint density at radius 1 is 1.55 bits per heavy atom. The molecule has 0 saturated carbocycles. The Hall–Kier alpha value is -2.47. The Kier molecular flexibility index (Phi) is 4.27. The summed E-state index contributed by atoms with van der Waals surface area (Å²) in [5, 5.41) is 10.7. The highest BCUT2D eigenvalue weighted by Crippen LogP contribution is 2.25. The Labute approximate surface area is 117 Å². The normalized spacial score (nSPS) is 11.9. The van der Waals surface area contributed by atoms with E-state index in [0.29, 0.717) is 17.9 Å². The molecule has 1 aromatic heterocycles. The van der Waals surface area contributed by atoms with Crippen LogP contribution in [-0.2, 0) is 11.8 Å². The van der Waals surface area contributed by atoms with E-state index >= 15 is 0 Å². The minimum atomic E-state index is -0.611. The average Bonchev–Trinajstić information content (AvgIpc) is 2.86. The number of para-hydroxylation sites is 1. The molecule has 0 saturated heterocycles. The van der Waals surface area contributed by atoms with Crippen LogP contribution in [0.15, 0.2) is 43.2 Å². The van der Waals surface area contributed by atoms with Crippen molar-refractivity contribution in [3.8, 4) is 11.4 Å². The van der Waals surface area contributed by atoms with Crippen LogP contribution in [0.2, 0.25) is 0 Å². The molecule has 20 heavy (non-hydrogen) atoms. The van der Waals surface area contributed by atoms with Gasteiger partial charge in [-0.25, -0.2) is 0 Å². The number of nitrogens with two attached hydrogens (primary N) is 1. The number of nitrogens with one attached hydrogen (secondary N) is 1. The van der Waals surface area contributed by atoms with Gasteiger partial charge in [0.2, 0.25) is 5.91 Å². The van der Waals surface area contributed by atoms with Gasteiger partial charge in [-0.15, -0.1) is 16.8 Å². The smallest absolute Gasteiger partial charge is 0.241 e. The summed E-state index contributed by atoms with van der Waals surface area (Å²) in [5.41, 5.74) is 7.22. The van der Waals surface area contributed by atoms with E-state index in [1.165, 1.54) is 0 Å². The number of hydrogen-bond acceptors (Lipinski definition) is 4. The van der Waals surface area contributed by atoms with E-state index in [-0.39, 0.29) is 5.91 Å². The fraction of sp³-hybridized carbons (Fsp3) is 0.214. The van der Waals surface area contributed by atoms with Gasteiger partial charge in [0.1, 0.15) is 6.33 Å². The number of aromatic nitrogens is 3. The van der Waals surface area contributed by atoms with Crippen LogP contribution in [0.1, 0.15) is 6.42 Å². The molecule has 0 aliphatic rings. The van der Waals surface area contributed by atoms with Crippen molar-refractivity contribution in [2.45, 2.75) is 12.5 Å². The number of hydrogen-bond donors (Lipinski definition) is 2. The maximum Gasteiger partial charge on any atom is 0.241 e. The molecule has 1 aromatic carbocycles. The summed E-state index contributed by atoms with van der Waals surface area (Å²) in [4.78, 5) is 12.0. The lowest BCUT2D eigenvalue weighted by Gasteiger charge is -2.13. The molecule has 0 aliphatic heterocycles. The number of carbonyl (C=O) groups is 1. The van der Waals surface area contributed by atoms with Gasteiger partial charge in [-0.3, -0.25) is 4.79 Å². The van der Waals surface area contributed by atoms with Crippen molar-refractivity contribution in [2.75, 3.05) is 5.32 Å². The predicted molar refractivity (Wildman–Crippen MR) is 77.9 cm³/mol. The first-order valence-corrected chi connectivity index (χ1v) is 6.24. The van der Waals surface area contributed by atoms with Crippen molar-refractivity contribution < 1.29 is 4.79 Å². The maximum absolute atomic E-state index is 12.0. The van der Waals surface area contributed by atoms with Crippen molar-refractivity contribution in [3.63, 3.8) is 0 Å². The highest BCUT2D eigenvalue weighted by molar-refractivity contribution is 5.97. The molecule has 2 rings (SSSR count). The van der Waals surface area contributed by atoms with Gasteiger partial charge in [-0.05, 0) is 18.6 Å². The first-order valence-electron chi connectivity index (χ1n) is 6.24. The van der Waals surface area contributed by atoms with E-state index in [1.807, 2.05) is 31.3 Å². The molecular formula is C14H17N5O. The van der Waals surface area contributed by atoms with Gasteiger partial charge < -0.3 is 15.6 Å². The lowest BCUT2D eigenvalue weighted by Crippen LogP contribution is -2.35. The van der Waals surface area contributed by atoms with Crippen LogP contribution in [0.25, 0.3) is 11.4 Å². The van der Waals surface area contributed by atoms with Crippen LogP contribution in [0, 0.1) is 0 Å². The molecule has 3 N–H and O–H groups in total. The molecule has 0 radical (unpaired) electrons. The van der Waals surface area contributed by atoms with E-state index in [2.05, 4.69) is 22.1 Å². The van der Waals surface area contributed by atoms with Gasteiger partial charge in [-0.2, -0.15) is 0 Å². The predicted octanol–water partition coefficient (Wildman–Crippen LogP) is 1.32. The van der Waals surface area contributed by atoms with Crippen LogP contribution >= 0.6 is 0 Å². The second-order valence-electron chi connectivity index (χ2n) is 4.43. The van der Waals surface area contributed by atoms with Crippen molar-refractivity contribution in [1.82, 2.24) is 14.8 Å². The third-order valence-electron chi connectivity index (χ3n) is 2.89. The minimum Gasteiger partial charge on any atom is -0.324 e. The monoisotopic (exact) mass is 271 g/mol. The fourth-order valence-electron chi connectivity index (χ4n) is 1.83. The van der Waals surface area contributed by atoms with Crippen LogP contribution in [0.5, 0.6) is 0 Å². The summed E-state index contributed by atoms with van der Waals surface area (Å²) in [5.74, 6) is 0.428. The van der Waals surface area contributed by atoms with E-state index in [4.69, 9.17) is 5.73 Å². The fourth-order valence-corrected chi connectivity index (χ4v) is 1.83. The van der Waals surface area contributed by atoms with Crippen LogP contribution in [-0.4, -0.2) is 26.7 Å². The van der Waals surface area contributed by atoms with E-state index < -0.39 is 6.04 Å². The number of benzene rings is 1. The summed E-state index contributed by atoms with van der Waals surface area (Å²) in [7, 11) is 1.84. The highest BCUT2D eigenvalue weighted by Gasteiger charge is 2.15. The molecule has 6 nitrogen and oxygen atoms in total. The third-order valence-corrected chi connectivity index (χ3v) is 2.89. The first kappa shape index (κ1) is 14.0. The zero-order chi connectivity index (χ0) is 14.5. The molecule has 1 heterocycles. The van der Waals surface area contributed by atoms with E-state index in [0.717, 1.165) is 5.56 Å². The molecular weight excluding hydrogens is 254 g/mol. The zero-order valence-electron chi connectivity index (χ0n) is 11.3. The molecule has 0 fully saturated rings. The van der Waals surface area contributed by atoms with Gasteiger partial charge in [-0.1, -0.05) is 18.2 Å². The largest absolute Gasteiger partial charge is 0.324 e. The van der Waals surface area contributed by atoms with Gasteiger partial charge in [0.15, 0.2) is 5.82 Å². The summed E-state index contributed by atoms with van der Waals surface area (Å²) < 4.78 is 1.79. The molecule has 2 aromatic rings. The molecule has 104 valence electrons. The second-order valence-corrected chi connectivity index (χ2v) is 4.43. The SMILES string of the molecule is C=CCC(N)C(=O)Nc1ccccc1-c1nncn1C. The summed E-state index contributed by atoms with van der Waals surface area (Å²) in [6.45, 7) is 3.58. The Morgan fingerprint density at radius 3 is 2.95 bits per heavy atom. The first-order chi connectivity index (χ1) is 9.63. The molecule has 0 spiro atoms. The number of nitrogens with zero attached hydrogens (tertiary/aromatic N) is 3. The zero-order valence-corrected chi connectivity index (χ0v) is 11.3. The van der Waals surface area contributed by atoms with E-state index in [9.17, 15) is 4.79 Å². The Balaban J connectivity index is 2.27. The number of carbonyl (C=O) groups excluding carboxylic acids is 1. The van der Waals surface area contributed by atoms with Crippen LogP contribution in [0.3, 0.4) is 0 Å². The number of rotatable bonds is 5. The molecule has 6 heteroatoms. The van der Waals surface area contributed by atoms with Gasteiger partial charge in [0.25, 0.3) is 0 Å². The topological polar surface area (TPSA) is 85.8 Å². The average molecular weight is 271 g/mol. The molecule has 1 atom stereocenters. The summed E-state index contributed by atoms with van der Waals surface area (Å²) in [6, 6.07) is 6.79. The van der Waals surface area contributed by atoms with E-state index in [1.54, 1.807) is 17.0 Å². The van der Waals surface area contributed by atoms with Crippen molar-refractivity contribution in [3.05, 3.63) is 43.2 Å². The van der Waals surface area contributed by atoms with Crippen molar-refractivity contribution in [2.24, 2.45) is 12.8 Å². The Morgan fingerprint density at radius 2 is 2.30 bits per heavy atom. The van der Waals surface area contributed by atoms with Crippen molar-refractivity contribution in [1.29, 1.82) is 0 Å². The number of anilines is 1. The number of aryl methyl sites for hydroxylation is 1. The second kappa shape index (κ2) is 6.12. The van der Waals surface area contributed by atoms with Crippen LogP contribution < -0.4 is 11.1 Å². The highest BCUT2D eigenvalue weighted by atomic mass is 16.2. The number of amides is 1. The minimum absolute atomic E-state index is 0.250. The maximum atomic E-state index is 12.0. The lowest BCUT2D eigenvalue weighted by molar-refractivity contribution is -0.117. The molecule has 0 bridgehead atoms. The third kappa shape index (κ3) is 2.92. The molecule has 1 amide bonds. The lowest BCUT2D eigenvalue weighted by atomic mass is 10.1. The Bertz CT molecular complexity index is 620. The summed E-state index contributed by atoms with van der Waals surface area (Å²) in [6.07, 6.45) is 3.66. The summed E-state index contributed by atoms with van der Waals surface area (Å²) >= 11 is 0. The van der Waals surface area contributed by atoms with Gasteiger partial charge in [0.05, 0.1) is 11.7 Å². The van der Waals surface area contributed by atoms with Crippen molar-refractivity contribution >= 4 is 11.6 Å².